The molecule has 1 heterocycles. The molecular formula is C50H69ClN12O12S2. The van der Waals surface area contributed by atoms with Gasteiger partial charge in [-0.2, -0.15) is 0 Å². The molecule has 0 saturated carbocycles. The number of primary amides is 2. The molecule has 3 aromatic rings. The van der Waals surface area contributed by atoms with E-state index in [1.807, 2.05) is 0 Å². The summed E-state index contributed by atoms with van der Waals surface area (Å²) in [6.45, 7) is 1.39. The second-order valence-electron chi connectivity index (χ2n) is 18.3. The minimum absolute atomic E-state index is 0.00551. The molecule has 4 rings (SSSR count). The van der Waals surface area contributed by atoms with Gasteiger partial charge in [0.25, 0.3) is 0 Å². The summed E-state index contributed by atoms with van der Waals surface area (Å²) in [6, 6.07) is 6.12. The lowest BCUT2D eigenvalue weighted by molar-refractivity contribution is -0.136. The Balaban J connectivity index is 1.78. The van der Waals surface area contributed by atoms with Gasteiger partial charge in [-0.05, 0) is 118 Å². The van der Waals surface area contributed by atoms with Crippen molar-refractivity contribution in [3.8, 4) is 11.5 Å². The van der Waals surface area contributed by atoms with E-state index in [1.54, 1.807) is 36.4 Å². The molecule has 1 fully saturated rings. The first kappa shape index (κ1) is 62.7. The van der Waals surface area contributed by atoms with Crippen LogP contribution in [-0.4, -0.2) is 148 Å². The number of phenols is 2. The number of amides is 10. The summed E-state index contributed by atoms with van der Waals surface area (Å²) < 4.78 is 0. The Morgan fingerprint density at radius 3 is 1.83 bits per heavy atom. The molecule has 10 amide bonds. The zero-order valence-electron chi connectivity index (χ0n) is 42.3. The van der Waals surface area contributed by atoms with Crippen LogP contribution in [0.15, 0.2) is 72.8 Å². The molecule has 1 unspecified atom stereocenters. The van der Waals surface area contributed by atoms with Crippen LogP contribution in [0.25, 0.3) is 0 Å². The number of aliphatic hydroxyl groups excluding tert-OH is 1. The number of nitrogens with two attached hydrogens (primary N) is 4. The van der Waals surface area contributed by atoms with Gasteiger partial charge in [-0.25, -0.2) is 4.79 Å². The van der Waals surface area contributed by atoms with Crippen molar-refractivity contribution < 1.29 is 58.5 Å². The third kappa shape index (κ3) is 22.0. The number of benzene rings is 3. The van der Waals surface area contributed by atoms with E-state index in [-0.39, 0.29) is 87.5 Å². The number of aromatic hydroxyl groups is 2. The first-order valence-electron chi connectivity index (χ1n) is 24.8. The van der Waals surface area contributed by atoms with Crippen LogP contribution in [0.3, 0.4) is 0 Å². The van der Waals surface area contributed by atoms with E-state index in [0.29, 0.717) is 28.1 Å². The van der Waals surface area contributed by atoms with Gasteiger partial charge in [0.1, 0.15) is 53.8 Å². The van der Waals surface area contributed by atoms with Gasteiger partial charge in [-0.3, -0.25) is 38.4 Å². The molecule has 0 spiro atoms. The van der Waals surface area contributed by atoms with E-state index >= 15 is 0 Å². The highest BCUT2D eigenvalue weighted by Crippen LogP contribution is 2.24. The number of phenolic OH excluding ortho intramolecular Hbond substituents is 2. The van der Waals surface area contributed by atoms with Gasteiger partial charge < -0.3 is 80.8 Å². The highest BCUT2D eigenvalue weighted by Gasteiger charge is 2.36. The summed E-state index contributed by atoms with van der Waals surface area (Å²) in [4.78, 5) is 124. The zero-order chi connectivity index (χ0) is 56.6. The number of hydrogen-bond acceptors (Lipinski definition) is 16. The summed E-state index contributed by atoms with van der Waals surface area (Å²) in [5.41, 5.74) is 24.9. The van der Waals surface area contributed by atoms with E-state index in [1.165, 1.54) is 43.3 Å². The molecule has 0 aliphatic carbocycles. The highest BCUT2D eigenvalue weighted by molar-refractivity contribution is 8.76. The summed E-state index contributed by atoms with van der Waals surface area (Å²) in [7, 11) is 1.92. The van der Waals surface area contributed by atoms with Gasteiger partial charge in [0.15, 0.2) is 0 Å². The smallest absolute Gasteiger partial charge is 0.312 e. The van der Waals surface area contributed by atoms with Crippen LogP contribution in [0, 0.1) is 0 Å². The van der Waals surface area contributed by atoms with Gasteiger partial charge >= 0.3 is 6.03 Å². The topological polar surface area (TPSA) is 415 Å². The van der Waals surface area contributed by atoms with Crippen molar-refractivity contribution in [1.82, 2.24) is 42.5 Å². The molecule has 9 atom stereocenters. The average molecular weight is 1130 g/mol. The Morgan fingerprint density at radius 1 is 0.701 bits per heavy atom. The number of unbranched alkanes of at least 4 members (excludes halogenated alkanes) is 1. The van der Waals surface area contributed by atoms with Crippen molar-refractivity contribution in [3.63, 3.8) is 0 Å². The lowest BCUT2D eigenvalue weighted by Gasteiger charge is -2.29. The molecule has 24 nitrogen and oxygen atoms in total. The van der Waals surface area contributed by atoms with E-state index in [9.17, 15) is 58.5 Å². The fourth-order valence-electron chi connectivity index (χ4n) is 7.74. The maximum atomic E-state index is 14.5. The average Bonchev–Trinajstić information content (AvgIpc) is 3.38. The summed E-state index contributed by atoms with van der Waals surface area (Å²) in [5, 5.41) is 51.8. The number of rotatable bonds is 21. The number of aliphatic hydroxyl groups is 1. The number of carbonyl (C=O) groups excluding carboxylic acids is 9. The van der Waals surface area contributed by atoms with Crippen molar-refractivity contribution in [3.05, 3.63) is 94.5 Å². The first-order chi connectivity index (χ1) is 36.6. The number of aryl methyl sites for hydroxylation is 1. The minimum Gasteiger partial charge on any atom is -0.508 e. The molecule has 3 aromatic carbocycles. The maximum absolute atomic E-state index is 14.5. The van der Waals surface area contributed by atoms with Gasteiger partial charge in [0, 0.05) is 29.5 Å². The third-order valence-electron chi connectivity index (χ3n) is 12.1. The molecule has 1 saturated heterocycles. The zero-order valence-corrected chi connectivity index (χ0v) is 44.7. The Bertz CT molecular complexity index is 2480. The largest absolute Gasteiger partial charge is 0.508 e. The lowest BCUT2D eigenvalue weighted by Crippen LogP contribution is -2.62. The van der Waals surface area contributed by atoms with Gasteiger partial charge in [0.05, 0.1) is 12.1 Å². The lowest BCUT2D eigenvalue weighted by atomic mass is 10.0. The number of hydrogen-bond donors (Lipinski definition) is 15. The summed E-state index contributed by atoms with van der Waals surface area (Å²) in [6.07, 6.45) is -0.976. The Hall–Kier alpha value is -6.84. The quantitative estimate of drug-likeness (QED) is 0.0437. The Kier molecular flexibility index (Phi) is 26.1. The van der Waals surface area contributed by atoms with Crippen molar-refractivity contribution >= 4 is 86.5 Å². The summed E-state index contributed by atoms with van der Waals surface area (Å²) >= 11 is 6.05. The van der Waals surface area contributed by atoms with Crippen LogP contribution in [0.2, 0.25) is 5.02 Å². The number of carbonyl (C=O) groups is 9. The molecular weight excluding hydrogens is 1060 g/mol. The second-order valence-corrected chi connectivity index (χ2v) is 21.3. The van der Waals surface area contributed by atoms with E-state index in [4.69, 9.17) is 34.5 Å². The monoisotopic (exact) mass is 1130 g/mol. The third-order valence-corrected chi connectivity index (χ3v) is 14.8. The summed E-state index contributed by atoms with van der Waals surface area (Å²) in [5.74, 6) is -7.84. The second kappa shape index (κ2) is 32.0. The van der Waals surface area contributed by atoms with Crippen LogP contribution >= 0.6 is 33.2 Å². The van der Waals surface area contributed by atoms with Crippen LogP contribution in [0.1, 0.15) is 62.1 Å². The molecule has 420 valence electrons. The normalized spacial score (nSPS) is 21.3. The first-order valence-corrected chi connectivity index (χ1v) is 27.6. The van der Waals surface area contributed by atoms with Crippen LogP contribution in [0.5, 0.6) is 11.5 Å². The molecule has 1 aliphatic heterocycles. The van der Waals surface area contributed by atoms with Crippen LogP contribution in [0.4, 0.5) is 4.79 Å². The van der Waals surface area contributed by atoms with Crippen LogP contribution in [-0.2, 0) is 57.6 Å². The van der Waals surface area contributed by atoms with E-state index < -0.39 is 108 Å². The van der Waals surface area contributed by atoms with Gasteiger partial charge in [-0.1, -0.05) is 69.6 Å². The number of urea groups is 1. The molecule has 0 aromatic heterocycles. The molecule has 77 heavy (non-hydrogen) atoms. The predicted octanol–water partition coefficient (Wildman–Crippen LogP) is -1.27. The van der Waals surface area contributed by atoms with E-state index in [0.717, 1.165) is 21.6 Å². The number of halogens is 1. The Morgan fingerprint density at radius 2 is 1.25 bits per heavy atom. The molecule has 1 aliphatic rings. The SMILES string of the molecule is C[C@@H](O)[C@@H]1NC(=O)C(CCCCN)NC(=O)[C@@H](CCCNC(N)=O)NC(=O)[C@H](Cc2ccc(O)cc2)NC(=O)[C@H](NC(=O)[C@@H](N)Cc2ccc(Cl)cc2)CSSC[C@@H](C(=O)N[C@H](CCc2ccc(O)cc2)C(N)=O)NC1=O. The van der Waals surface area contributed by atoms with Crippen molar-refractivity contribution in [1.29, 1.82) is 0 Å². The Labute approximate surface area is 458 Å². The van der Waals surface area contributed by atoms with Crippen molar-refractivity contribution in [2.75, 3.05) is 24.6 Å². The standard InChI is InChI=1S/C50H69ClN12O12S2/c1-27(64)41-49(74)62-40(47(72)57-35(42(54)67)20-13-28-9-16-32(65)17-10-28)26-77-76-25-39(61-43(68)34(53)23-29-7-14-31(51)15-8-29)48(73)60-38(24-30-11-18-33(66)19-12-30)46(71)59-37(6-4-22-56-50(55)75)44(69)58-36(45(70)63-41)5-2-3-21-52/h7-12,14-19,27,34-41,64-66H,2-6,13,20-26,52-53H2,1H3,(H2,54,67)(H,57,72)(H,58,69)(H,59,71)(H,60,73)(H,61,68)(H,62,74)(H,63,70)(H3,55,56,75)/t27-,34+,35-,36?,37-,38+,39-,40+,41+/m1/s1. The predicted molar refractivity (Wildman–Crippen MR) is 290 cm³/mol. The molecule has 19 N–H and O–H groups in total. The highest BCUT2D eigenvalue weighted by atomic mass is 35.5. The van der Waals surface area contributed by atoms with Crippen molar-refractivity contribution in [2.24, 2.45) is 22.9 Å². The van der Waals surface area contributed by atoms with E-state index in [2.05, 4.69) is 42.5 Å². The number of nitrogens with one attached hydrogen (secondary N) is 8. The molecule has 0 bridgehead atoms. The minimum atomic E-state index is -1.74. The molecule has 0 radical (unpaired) electrons. The van der Waals surface area contributed by atoms with Crippen molar-refractivity contribution in [2.45, 2.75) is 119 Å². The fourth-order valence-corrected chi connectivity index (χ4v) is 10.2. The fraction of sp³-hybridized carbons (Fsp3) is 0.460. The van der Waals surface area contributed by atoms with Gasteiger partial charge in [0.2, 0.25) is 47.3 Å². The van der Waals surface area contributed by atoms with Crippen LogP contribution < -0.4 is 65.5 Å². The maximum Gasteiger partial charge on any atom is 0.312 e. The molecule has 27 heteroatoms. The van der Waals surface area contributed by atoms with Gasteiger partial charge in [-0.15, -0.1) is 0 Å².